The number of benzene rings is 2. The van der Waals surface area contributed by atoms with Gasteiger partial charge in [-0.25, -0.2) is 4.39 Å². The van der Waals surface area contributed by atoms with Crippen molar-refractivity contribution in [2.75, 3.05) is 0 Å². The molecule has 1 nitrogen and oxygen atoms in total. The van der Waals surface area contributed by atoms with Crippen LogP contribution in [0.15, 0.2) is 46.9 Å². The Bertz CT molecular complexity index is 599. The van der Waals surface area contributed by atoms with Crippen LogP contribution in [0.5, 0.6) is 0 Å². The van der Waals surface area contributed by atoms with Crippen molar-refractivity contribution < 1.29 is 9.50 Å². The quantitative estimate of drug-likeness (QED) is 0.821. The van der Waals surface area contributed by atoms with Crippen molar-refractivity contribution in [1.82, 2.24) is 0 Å². The monoisotopic (exact) mass is 336 g/mol. The van der Waals surface area contributed by atoms with Gasteiger partial charge in [0.05, 0.1) is 0 Å². The molecular weight excluding hydrogens is 319 g/mol. The van der Waals surface area contributed by atoms with E-state index in [-0.39, 0.29) is 11.0 Å². The lowest BCUT2D eigenvalue weighted by Gasteiger charge is -2.20. The fourth-order valence-electron chi connectivity index (χ4n) is 2.07. The lowest BCUT2D eigenvalue weighted by molar-refractivity contribution is 0.215. The minimum absolute atomic E-state index is 0.0618. The first-order valence-corrected chi connectivity index (χ1v) is 7.32. The van der Waals surface area contributed by atoms with Gasteiger partial charge in [0, 0.05) is 10.0 Å². The summed E-state index contributed by atoms with van der Waals surface area (Å²) in [5.74, 6) is -0.410. The van der Waals surface area contributed by atoms with Crippen molar-refractivity contribution in [1.29, 1.82) is 0 Å². The molecule has 0 aliphatic rings. The fourth-order valence-corrected chi connectivity index (χ4v) is 2.40. The predicted octanol–water partition coefficient (Wildman–Crippen LogP) is 4.97. The van der Waals surface area contributed by atoms with Gasteiger partial charge in [-0.15, -0.1) is 0 Å². The van der Waals surface area contributed by atoms with E-state index in [1.165, 1.54) is 11.6 Å². The molecule has 0 amide bonds. The number of hydrogen-bond acceptors (Lipinski definition) is 1. The van der Waals surface area contributed by atoms with Gasteiger partial charge in [-0.3, -0.25) is 0 Å². The Morgan fingerprint density at radius 1 is 1.05 bits per heavy atom. The third kappa shape index (κ3) is 3.28. The molecular formula is C17H18BrFO. The standard InChI is InChI=1S/C17H18BrFO/c1-17(2,3)12-6-4-11(5-7-12)16(20)14-9-8-13(18)10-15(14)19/h4-10,16,20H,1-3H3. The molecule has 1 N–H and O–H groups in total. The van der Waals surface area contributed by atoms with Gasteiger partial charge in [0.1, 0.15) is 11.9 Å². The van der Waals surface area contributed by atoms with E-state index in [0.29, 0.717) is 10.0 Å². The van der Waals surface area contributed by atoms with Crippen LogP contribution in [0.25, 0.3) is 0 Å². The molecule has 1 atom stereocenters. The van der Waals surface area contributed by atoms with Crippen LogP contribution in [0.2, 0.25) is 0 Å². The van der Waals surface area contributed by atoms with Crippen molar-refractivity contribution in [3.8, 4) is 0 Å². The third-order valence-corrected chi connectivity index (χ3v) is 3.84. The molecule has 0 aliphatic heterocycles. The molecule has 0 aromatic heterocycles. The Morgan fingerprint density at radius 2 is 1.65 bits per heavy atom. The van der Waals surface area contributed by atoms with E-state index >= 15 is 0 Å². The summed E-state index contributed by atoms with van der Waals surface area (Å²) in [7, 11) is 0. The molecule has 20 heavy (non-hydrogen) atoms. The number of aliphatic hydroxyl groups is 1. The molecule has 3 heteroatoms. The minimum Gasteiger partial charge on any atom is -0.384 e. The molecule has 0 radical (unpaired) electrons. The first kappa shape index (κ1) is 15.2. The lowest BCUT2D eigenvalue weighted by Crippen LogP contribution is -2.11. The number of hydrogen-bond donors (Lipinski definition) is 1. The molecule has 0 fully saturated rings. The van der Waals surface area contributed by atoms with Gasteiger partial charge in [0.25, 0.3) is 0 Å². The van der Waals surface area contributed by atoms with Gasteiger partial charge in [-0.1, -0.05) is 67.0 Å². The normalized spacial score (nSPS) is 13.3. The Balaban J connectivity index is 2.31. The summed E-state index contributed by atoms with van der Waals surface area (Å²) in [6.45, 7) is 6.40. The summed E-state index contributed by atoms with van der Waals surface area (Å²) in [6, 6.07) is 12.4. The molecule has 0 spiro atoms. The molecule has 0 bridgehead atoms. The Morgan fingerprint density at radius 3 is 2.15 bits per heavy atom. The highest BCUT2D eigenvalue weighted by Crippen LogP contribution is 2.28. The first-order chi connectivity index (χ1) is 9.29. The number of halogens is 2. The number of rotatable bonds is 2. The maximum Gasteiger partial charge on any atom is 0.130 e. The molecule has 0 saturated carbocycles. The van der Waals surface area contributed by atoms with Crippen LogP contribution in [-0.4, -0.2) is 5.11 Å². The van der Waals surface area contributed by atoms with Gasteiger partial charge in [-0.2, -0.15) is 0 Å². The van der Waals surface area contributed by atoms with Crippen LogP contribution in [-0.2, 0) is 5.41 Å². The molecule has 2 aromatic rings. The predicted molar refractivity (Wildman–Crippen MR) is 83.3 cm³/mol. The zero-order chi connectivity index (χ0) is 14.9. The van der Waals surface area contributed by atoms with E-state index in [0.717, 1.165) is 0 Å². The van der Waals surface area contributed by atoms with Crippen LogP contribution < -0.4 is 0 Å². The van der Waals surface area contributed by atoms with E-state index in [4.69, 9.17) is 0 Å². The Hall–Kier alpha value is -1.19. The summed E-state index contributed by atoms with van der Waals surface area (Å²) in [5, 5.41) is 10.3. The third-order valence-electron chi connectivity index (χ3n) is 3.35. The van der Waals surface area contributed by atoms with Crippen LogP contribution in [0, 0.1) is 5.82 Å². The molecule has 1 unspecified atom stereocenters. The lowest BCUT2D eigenvalue weighted by atomic mass is 9.86. The smallest absolute Gasteiger partial charge is 0.130 e. The average molecular weight is 337 g/mol. The molecule has 0 saturated heterocycles. The van der Waals surface area contributed by atoms with Gasteiger partial charge in [0.2, 0.25) is 0 Å². The second-order valence-corrected chi connectivity index (χ2v) is 6.86. The van der Waals surface area contributed by atoms with Crippen molar-refractivity contribution in [2.24, 2.45) is 0 Å². The highest BCUT2D eigenvalue weighted by atomic mass is 79.9. The van der Waals surface area contributed by atoms with Crippen molar-refractivity contribution >= 4 is 15.9 Å². The Labute approximate surface area is 127 Å². The van der Waals surface area contributed by atoms with Crippen molar-refractivity contribution in [3.63, 3.8) is 0 Å². The highest BCUT2D eigenvalue weighted by Gasteiger charge is 2.17. The summed E-state index contributed by atoms with van der Waals surface area (Å²) in [5.41, 5.74) is 2.23. The molecule has 106 valence electrons. The molecule has 2 rings (SSSR count). The van der Waals surface area contributed by atoms with Crippen LogP contribution in [0.3, 0.4) is 0 Å². The summed E-state index contributed by atoms with van der Waals surface area (Å²) < 4.78 is 14.5. The zero-order valence-corrected chi connectivity index (χ0v) is 13.4. The molecule has 2 aromatic carbocycles. The maximum atomic E-state index is 13.9. The van der Waals surface area contributed by atoms with Gasteiger partial charge < -0.3 is 5.11 Å². The second-order valence-electron chi connectivity index (χ2n) is 5.94. The topological polar surface area (TPSA) is 20.2 Å². The van der Waals surface area contributed by atoms with E-state index in [2.05, 4.69) is 36.7 Å². The zero-order valence-electron chi connectivity index (χ0n) is 11.8. The van der Waals surface area contributed by atoms with Crippen LogP contribution in [0.4, 0.5) is 4.39 Å². The molecule has 0 aliphatic carbocycles. The average Bonchev–Trinajstić information content (AvgIpc) is 2.37. The van der Waals surface area contributed by atoms with E-state index < -0.39 is 11.9 Å². The van der Waals surface area contributed by atoms with Gasteiger partial charge in [-0.05, 0) is 28.7 Å². The summed E-state index contributed by atoms with van der Waals surface area (Å²) in [6.07, 6.45) is -0.947. The van der Waals surface area contributed by atoms with Crippen LogP contribution >= 0.6 is 15.9 Å². The first-order valence-electron chi connectivity index (χ1n) is 6.52. The van der Waals surface area contributed by atoms with Crippen LogP contribution in [0.1, 0.15) is 43.6 Å². The van der Waals surface area contributed by atoms with Gasteiger partial charge in [0.15, 0.2) is 0 Å². The minimum atomic E-state index is -0.947. The second kappa shape index (κ2) is 5.66. The number of aliphatic hydroxyl groups excluding tert-OH is 1. The largest absolute Gasteiger partial charge is 0.384 e. The van der Waals surface area contributed by atoms with Crippen molar-refractivity contribution in [2.45, 2.75) is 32.3 Å². The van der Waals surface area contributed by atoms with Gasteiger partial charge >= 0.3 is 0 Å². The van der Waals surface area contributed by atoms with Crippen molar-refractivity contribution in [3.05, 3.63) is 69.4 Å². The van der Waals surface area contributed by atoms with E-state index in [9.17, 15) is 9.50 Å². The SMILES string of the molecule is CC(C)(C)c1ccc(C(O)c2ccc(Br)cc2F)cc1. The Kier molecular flexibility index (Phi) is 4.31. The fraction of sp³-hybridized carbons (Fsp3) is 0.294. The highest BCUT2D eigenvalue weighted by molar-refractivity contribution is 9.10. The van der Waals surface area contributed by atoms with E-state index in [1.54, 1.807) is 12.1 Å². The summed E-state index contributed by atoms with van der Waals surface area (Å²) >= 11 is 3.21. The maximum absolute atomic E-state index is 13.9. The molecule has 0 heterocycles. The van der Waals surface area contributed by atoms with E-state index in [1.807, 2.05) is 24.3 Å². The summed E-state index contributed by atoms with van der Waals surface area (Å²) in [4.78, 5) is 0.